The van der Waals surface area contributed by atoms with Gasteiger partial charge < -0.3 is 21.7 Å². The minimum Gasteiger partial charge on any atom is -0.401 e. The maximum Gasteiger partial charge on any atom is 0.0737 e. The van der Waals surface area contributed by atoms with Crippen molar-refractivity contribution >= 4 is 0 Å². The van der Waals surface area contributed by atoms with Crippen LogP contribution in [0.15, 0.2) is 35.8 Å². The van der Waals surface area contributed by atoms with Gasteiger partial charge in [0.05, 0.1) is 11.4 Å². The Labute approximate surface area is 92.3 Å². The average molecular weight is 210 g/mol. The molecule has 0 aromatic carbocycles. The van der Waals surface area contributed by atoms with Crippen LogP contribution < -0.4 is 16.8 Å². The van der Waals surface area contributed by atoms with Crippen LogP contribution in [-0.2, 0) is 0 Å². The standard InChI is InChI=1S/C11H22N4/c1-5-6-10(11(13)9(2)12)14-7-8-15(3)4/h5-6,14H,1,7-8,12-13H2,2-4H3/b10-6+,11-9-. The van der Waals surface area contributed by atoms with Crippen LogP contribution in [0.25, 0.3) is 0 Å². The fourth-order valence-corrected chi connectivity index (χ4v) is 0.988. The van der Waals surface area contributed by atoms with Crippen molar-refractivity contribution in [1.29, 1.82) is 0 Å². The molecule has 0 amide bonds. The molecular formula is C11H22N4. The highest BCUT2D eigenvalue weighted by atomic mass is 15.1. The molecule has 0 aliphatic heterocycles. The molecule has 0 heterocycles. The van der Waals surface area contributed by atoms with Gasteiger partial charge in [0.25, 0.3) is 0 Å². The van der Waals surface area contributed by atoms with Gasteiger partial charge in [-0.1, -0.05) is 12.7 Å². The predicted octanol–water partition coefficient (Wildman–Crippen LogP) is 0.356. The van der Waals surface area contributed by atoms with Gasteiger partial charge in [0.2, 0.25) is 0 Å². The lowest BCUT2D eigenvalue weighted by molar-refractivity contribution is 0.408. The van der Waals surface area contributed by atoms with E-state index in [2.05, 4.69) is 16.8 Å². The number of hydrogen-bond acceptors (Lipinski definition) is 4. The maximum atomic E-state index is 5.83. The van der Waals surface area contributed by atoms with Gasteiger partial charge in [0, 0.05) is 18.8 Å². The van der Waals surface area contributed by atoms with Crippen molar-refractivity contribution in [3.8, 4) is 0 Å². The molecule has 0 unspecified atom stereocenters. The Morgan fingerprint density at radius 2 is 2.00 bits per heavy atom. The Balaban J connectivity index is 4.38. The van der Waals surface area contributed by atoms with E-state index >= 15 is 0 Å². The average Bonchev–Trinajstić information content (AvgIpc) is 2.14. The fourth-order valence-electron chi connectivity index (χ4n) is 0.988. The monoisotopic (exact) mass is 210 g/mol. The van der Waals surface area contributed by atoms with E-state index < -0.39 is 0 Å². The third-order valence-electron chi connectivity index (χ3n) is 1.87. The molecule has 0 fully saturated rings. The summed E-state index contributed by atoms with van der Waals surface area (Å²) in [5.74, 6) is 0. The van der Waals surface area contributed by atoms with Crippen LogP contribution >= 0.6 is 0 Å². The first-order valence-corrected chi connectivity index (χ1v) is 4.92. The molecule has 0 spiro atoms. The minimum absolute atomic E-state index is 0.577. The van der Waals surface area contributed by atoms with Crippen molar-refractivity contribution in [2.75, 3.05) is 27.2 Å². The molecule has 0 saturated carbocycles. The molecule has 0 rings (SSSR count). The molecule has 0 bridgehead atoms. The topological polar surface area (TPSA) is 67.3 Å². The van der Waals surface area contributed by atoms with E-state index in [1.54, 1.807) is 13.0 Å². The number of allylic oxidation sites excluding steroid dienone is 3. The number of nitrogens with zero attached hydrogens (tertiary/aromatic N) is 1. The molecule has 15 heavy (non-hydrogen) atoms. The Hall–Kier alpha value is -1.42. The van der Waals surface area contributed by atoms with Gasteiger partial charge in [0.15, 0.2) is 0 Å². The fraction of sp³-hybridized carbons (Fsp3) is 0.455. The Kier molecular flexibility index (Phi) is 6.29. The highest BCUT2D eigenvalue weighted by Crippen LogP contribution is 2.02. The lowest BCUT2D eigenvalue weighted by Crippen LogP contribution is -2.29. The summed E-state index contributed by atoms with van der Waals surface area (Å²) in [5.41, 5.74) is 13.5. The highest BCUT2D eigenvalue weighted by Gasteiger charge is 2.01. The summed E-state index contributed by atoms with van der Waals surface area (Å²) >= 11 is 0. The quantitative estimate of drug-likeness (QED) is 0.554. The molecular weight excluding hydrogens is 188 g/mol. The van der Waals surface area contributed by atoms with E-state index in [1.807, 2.05) is 20.2 Å². The molecule has 0 radical (unpaired) electrons. The summed E-state index contributed by atoms with van der Waals surface area (Å²) in [6.07, 6.45) is 3.51. The second kappa shape index (κ2) is 6.95. The number of likely N-dealkylation sites (N-methyl/N-ethyl adjacent to an activating group) is 1. The lowest BCUT2D eigenvalue weighted by Gasteiger charge is -2.15. The van der Waals surface area contributed by atoms with Gasteiger partial charge in [0.1, 0.15) is 0 Å². The zero-order chi connectivity index (χ0) is 11.8. The van der Waals surface area contributed by atoms with Gasteiger partial charge in [-0.05, 0) is 27.1 Å². The van der Waals surface area contributed by atoms with Crippen LogP contribution in [0.1, 0.15) is 6.92 Å². The molecule has 0 aromatic heterocycles. The van der Waals surface area contributed by atoms with E-state index in [-0.39, 0.29) is 0 Å². The summed E-state index contributed by atoms with van der Waals surface area (Å²) in [6.45, 7) is 7.17. The molecule has 0 aromatic rings. The number of nitrogens with two attached hydrogens (primary N) is 2. The minimum atomic E-state index is 0.577. The smallest absolute Gasteiger partial charge is 0.0737 e. The molecule has 0 saturated heterocycles. The van der Waals surface area contributed by atoms with Gasteiger partial charge in [-0.15, -0.1) is 0 Å². The van der Waals surface area contributed by atoms with Gasteiger partial charge in [-0.3, -0.25) is 0 Å². The largest absolute Gasteiger partial charge is 0.401 e. The van der Waals surface area contributed by atoms with Crippen molar-refractivity contribution < 1.29 is 0 Å². The van der Waals surface area contributed by atoms with Crippen LogP contribution in [0, 0.1) is 0 Å². The summed E-state index contributed by atoms with van der Waals surface area (Å²) < 4.78 is 0. The molecule has 4 heteroatoms. The third-order valence-corrected chi connectivity index (χ3v) is 1.87. The summed E-state index contributed by atoms with van der Waals surface area (Å²) in [4.78, 5) is 2.09. The highest BCUT2D eigenvalue weighted by molar-refractivity contribution is 5.31. The van der Waals surface area contributed by atoms with Crippen molar-refractivity contribution in [3.63, 3.8) is 0 Å². The molecule has 4 nitrogen and oxygen atoms in total. The lowest BCUT2D eigenvalue weighted by atomic mass is 10.2. The van der Waals surface area contributed by atoms with Crippen LogP contribution in [0.2, 0.25) is 0 Å². The van der Waals surface area contributed by atoms with Gasteiger partial charge >= 0.3 is 0 Å². The Bertz CT molecular complexity index is 260. The van der Waals surface area contributed by atoms with Crippen LogP contribution in [0.5, 0.6) is 0 Å². The number of nitrogens with one attached hydrogen (secondary N) is 1. The molecule has 0 aliphatic carbocycles. The van der Waals surface area contributed by atoms with Crippen LogP contribution in [-0.4, -0.2) is 32.1 Å². The van der Waals surface area contributed by atoms with E-state index in [0.29, 0.717) is 11.4 Å². The predicted molar refractivity (Wildman–Crippen MR) is 65.9 cm³/mol. The first-order valence-electron chi connectivity index (χ1n) is 4.92. The summed E-state index contributed by atoms with van der Waals surface area (Å²) in [6, 6.07) is 0. The zero-order valence-corrected chi connectivity index (χ0v) is 9.88. The van der Waals surface area contributed by atoms with E-state index in [9.17, 15) is 0 Å². The third kappa shape index (κ3) is 5.80. The number of hydrogen-bond donors (Lipinski definition) is 3. The first-order chi connectivity index (χ1) is 6.99. The molecule has 86 valence electrons. The van der Waals surface area contributed by atoms with Crippen molar-refractivity contribution in [2.45, 2.75) is 6.92 Å². The zero-order valence-electron chi connectivity index (χ0n) is 9.88. The second-order valence-electron chi connectivity index (χ2n) is 3.64. The SMILES string of the molecule is C=C/C=C(NCCN(C)C)\C(N)=C(/C)N. The number of rotatable bonds is 6. The second-order valence-corrected chi connectivity index (χ2v) is 3.64. The first kappa shape index (κ1) is 13.6. The van der Waals surface area contributed by atoms with Crippen molar-refractivity contribution in [1.82, 2.24) is 10.2 Å². The van der Waals surface area contributed by atoms with Gasteiger partial charge in [-0.25, -0.2) is 0 Å². The van der Waals surface area contributed by atoms with E-state index in [1.165, 1.54) is 0 Å². The summed E-state index contributed by atoms with van der Waals surface area (Å²) in [5, 5.41) is 3.22. The van der Waals surface area contributed by atoms with Crippen molar-refractivity contribution in [2.24, 2.45) is 11.5 Å². The summed E-state index contributed by atoms with van der Waals surface area (Å²) in [7, 11) is 4.04. The van der Waals surface area contributed by atoms with E-state index in [4.69, 9.17) is 11.5 Å². The molecule has 0 aliphatic rings. The maximum absolute atomic E-state index is 5.83. The van der Waals surface area contributed by atoms with E-state index in [0.717, 1.165) is 18.8 Å². The van der Waals surface area contributed by atoms with Crippen LogP contribution in [0.3, 0.4) is 0 Å². The molecule has 5 N–H and O–H groups in total. The van der Waals surface area contributed by atoms with Crippen LogP contribution in [0.4, 0.5) is 0 Å². The Morgan fingerprint density at radius 1 is 1.40 bits per heavy atom. The van der Waals surface area contributed by atoms with Crippen molar-refractivity contribution in [3.05, 3.63) is 35.8 Å². The molecule has 0 atom stereocenters. The Morgan fingerprint density at radius 3 is 2.40 bits per heavy atom. The normalized spacial score (nSPS) is 13.7. The van der Waals surface area contributed by atoms with Gasteiger partial charge in [-0.2, -0.15) is 0 Å².